The van der Waals surface area contributed by atoms with Crippen LogP contribution in [0.25, 0.3) is 22.5 Å². The number of hydrogen-bond acceptors (Lipinski definition) is 6. The van der Waals surface area contributed by atoms with Crippen LogP contribution in [0.15, 0.2) is 59.3 Å². The van der Waals surface area contributed by atoms with Crippen molar-refractivity contribution in [1.82, 2.24) is 20.1 Å². The van der Waals surface area contributed by atoms with Gasteiger partial charge in [0.05, 0.1) is 30.5 Å². The predicted octanol–water partition coefficient (Wildman–Crippen LogP) is 4.68. The molecule has 0 aliphatic carbocycles. The molecule has 1 fully saturated rings. The van der Waals surface area contributed by atoms with Crippen LogP contribution in [0.1, 0.15) is 43.1 Å². The van der Waals surface area contributed by atoms with Crippen molar-refractivity contribution in [2.45, 2.75) is 38.8 Å². The molecule has 8 nitrogen and oxygen atoms in total. The zero-order valence-electron chi connectivity index (χ0n) is 19.7. The summed E-state index contributed by atoms with van der Waals surface area (Å²) in [4.78, 5) is 20.5. The molecule has 1 aromatic carbocycles. The summed E-state index contributed by atoms with van der Waals surface area (Å²) in [5, 5.41) is 8.49. The molecule has 1 aliphatic rings. The van der Waals surface area contributed by atoms with E-state index in [4.69, 9.17) is 14.1 Å². The molecule has 0 spiro atoms. The number of anilines is 1. The summed E-state index contributed by atoms with van der Waals surface area (Å²) >= 11 is 0. The Morgan fingerprint density at radius 3 is 2.59 bits per heavy atom. The quantitative estimate of drug-likeness (QED) is 0.451. The van der Waals surface area contributed by atoms with Crippen molar-refractivity contribution < 1.29 is 13.9 Å². The fourth-order valence-corrected chi connectivity index (χ4v) is 4.47. The van der Waals surface area contributed by atoms with Crippen molar-refractivity contribution in [3.63, 3.8) is 0 Å². The van der Waals surface area contributed by atoms with Gasteiger partial charge in [-0.2, -0.15) is 5.10 Å². The van der Waals surface area contributed by atoms with E-state index in [-0.39, 0.29) is 18.0 Å². The molecule has 4 heterocycles. The average molecular weight is 460 g/mol. The molecule has 1 saturated heterocycles. The lowest BCUT2D eigenvalue weighted by Crippen LogP contribution is -2.44. The number of rotatable bonds is 6. The summed E-state index contributed by atoms with van der Waals surface area (Å²) in [5.41, 5.74) is 3.05. The zero-order valence-corrected chi connectivity index (χ0v) is 19.7. The first kappa shape index (κ1) is 22.0. The number of furan rings is 1. The van der Waals surface area contributed by atoms with E-state index < -0.39 is 0 Å². The number of aromatic nitrogens is 3. The summed E-state index contributed by atoms with van der Waals surface area (Å²) < 4.78 is 12.7. The molecule has 4 aromatic rings. The van der Waals surface area contributed by atoms with Gasteiger partial charge in [-0.05, 0) is 69.2 Å². The SMILES string of the molecule is COc1ccc(N2CCC(NC(=O)c3cc(-c4ccco4)nc4c3cnn4C(C)C)CC2)cc1. The number of amides is 1. The minimum absolute atomic E-state index is 0.105. The minimum atomic E-state index is -0.105. The molecule has 34 heavy (non-hydrogen) atoms. The largest absolute Gasteiger partial charge is 0.497 e. The van der Waals surface area contributed by atoms with Gasteiger partial charge in [-0.1, -0.05) is 0 Å². The molecule has 0 saturated carbocycles. The van der Waals surface area contributed by atoms with E-state index in [1.165, 1.54) is 5.69 Å². The van der Waals surface area contributed by atoms with Gasteiger partial charge in [0.15, 0.2) is 11.4 Å². The van der Waals surface area contributed by atoms with E-state index in [2.05, 4.69) is 27.4 Å². The van der Waals surface area contributed by atoms with Crippen LogP contribution in [0.2, 0.25) is 0 Å². The number of benzene rings is 1. The third-order valence-corrected chi connectivity index (χ3v) is 6.34. The van der Waals surface area contributed by atoms with Gasteiger partial charge >= 0.3 is 0 Å². The van der Waals surface area contributed by atoms with Crippen LogP contribution in [0, 0.1) is 0 Å². The van der Waals surface area contributed by atoms with Crippen LogP contribution in [0.5, 0.6) is 5.75 Å². The maximum Gasteiger partial charge on any atom is 0.252 e. The number of nitrogens with zero attached hydrogens (tertiary/aromatic N) is 4. The highest BCUT2D eigenvalue weighted by atomic mass is 16.5. The second kappa shape index (κ2) is 9.21. The first-order valence-corrected chi connectivity index (χ1v) is 11.7. The van der Waals surface area contributed by atoms with Gasteiger partial charge in [0.1, 0.15) is 11.4 Å². The Labute approximate surface area is 198 Å². The van der Waals surface area contributed by atoms with Gasteiger partial charge in [-0.3, -0.25) is 4.79 Å². The van der Waals surface area contributed by atoms with E-state index >= 15 is 0 Å². The number of pyridine rings is 1. The Morgan fingerprint density at radius 2 is 1.94 bits per heavy atom. The number of piperidine rings is 1. The third-order valence-electron chi connectivity index (χ3n) is 6.34. The molecule has 0 bridgehead atoms. The number of ether oxygens (including phenoxy) is 1. The average Bonchev–Trinajstić information content (AvgIpc) is 3.54. The Morgan fingerprint density at radius 1 is 1.18 bits per heavy atom. The standard InChI is InChI=1S/C26H29N5O3/c1-17(2)31-25-22(16-27-31)21(15-23(29-25)24-5-4-14-34-24)26(32)28-18-10-12-30(13-11-18)19-6-8-20(33-3)9-7-19/h4-9,14-18H,10-13H2,1-3H3,(H,28,32). The van der Waals surface area contributed by atoms with E-state index in [1.807, 2.05) is 42.8 Å². The molecule has 0 unspecified atom stereocenters. The van der Waals surface area contributed by atoms with Crippen LogP contribution in [-0.4, -0.2) is 46.9 Å². The fraction of sp³-hybridized carbons (Fsp3) is 0.346. The molecule has 8 heteroatoms. The molecular formula is C26H29N5O3. The normalized spacial score (nSPS) is 14.6. The van der Waals surface area contributed by atoms with E-state index in [9.17, 15) is 4.79 Å². The number of hydrogen-bond donors (Lipinski definition) is 1. The Bertz CT molecular complexity index is 1270. The first-order chi connectivity index (χ1) is 16.5. The lowest BCUT2D eigenvalue weighted by atomic mass is 10.0. The summed E-state index contributed by atoms with van der Waals surface area (Å²) in [7, 11) is 1.67. The van der Waals surface area contributed by atoms with Gasteiger partial charge in [-0.25, -0.2) is 9.67 Å². The fourth-order valence-electron chi connectivity index (χ4n) is 4.47. The molecule has 5 rings (SSSR count). The number of fused-ring (bicyclic) bond motifs is 1. The van der Waals surface area contributed by atoms with Crippen LogP contribution in [0.4, 0.5) is 5.69 Å². The number of nitrogens with one attached hydrogen (secondary N) is 1. The molecule has 1 N–H and O–H groups in total. The summed E-state index contributed by atoms with van der Waals surface area (Å²) in [6.07, 6.45) is 5.09. The molecule has 1 amide bonds. The van der Waals surface area contributed by atoms with Crippen molar-refractivity contribution in [1.29, 1.82) is 0 Å². The van der Waals surface area contributed by atoms with Crippen LogP contribution in [-0.2, 0) is 0 Å². The summed E-state index contributed by atoms with van der Waals surface area (Å²) in [6, 6.07) is 13.8. The molecule has 3 aromatic heterocycles. The Hall–Kier alpha value is -3.81. The van der Waals surface area contributed by atoms with E-state index in [0.717, 1.165) is 37.1 Å². The van der Waals surface area contributed by atoms with Crippen LogP contribution in [0.3, 0.4) is 0 Å². The van der Waals surface area contributed by atoms with Crippen LogP contribution < -0.4 is 15.0 Å². The zero-order chi connectivity index (χ0) is 23.7. The predicted molar refractivity (Wildman–Crippen MR) is 131 cm³/mol. The number of methoxy groups -OCH3 is 1. The smallest absolute Gasteiger partial charge is 0.252 e. The highest BCUT2D eigenvalue weighted by molar-refractivity contribution is 6.06. The minimum Gasteiger partial charge on any atom is -0.497 e. The lowest BCUT2D eigenvalue weighted by Gasteiger charge is -2.34. The van der Waals surface area contributed by atoms with Gasteiger partial charge < -0.3 is 19.4 Å². The van der Waals surface area contributed by atoms with Crippen LogP contribution >= 0.6 is 0 Å². The van der Waals surface area contributed by atoms with Crippen molar-refractivity contribution in [3.05, 3.63) is 60.5 Å². The first-order valence-electron chi connectivity index (χ1n) is 11.7. The molecule has 1 aliphatic heterocycles. The van der Waals surface area contributed by atoms with Gasteiger partial charge in [0, 0.05) is 30.9 Å². The lowest BCUT2D eigenvalue weighted by molar-refractivity contribution is 0.0932. The third kappa shape index (κ3) is 4.23. The van der Waals surface area contributed by atoms with Gasteiger partial charge in [0.2, 0.25) is 0 Å². The second-order valence-corrected chi connectivity index (χ2v) is 8.89. The van der Waals surface area contributed by atoms with Crippen molar-refractivity contribution in [3.8, 4) is 17.2 Å². The van der Waals surface area contributed by atoms with E-state index in [0.29, 0.717) is 22.7 Å². The summed E-state index contributed by atoms with van der Waals surface area (Å²) in [5.74, 6) is 1.37. The van der Waals surface area contributed by atoms with Crippen molar-refractivity contribution in [2.75, 3.05) is 25.1 Å². The number of carbonyl (C=O) groups excluding carboxylic acids is 1. The molecule has 0 atom stereocenters. The Kier molecular flexibility index (Phi) is 5.96. The monoisotopic (exact) mass is 459 g/mol. The molecule has 176 valence electrons. The molecular weight excluding hydrogens is 430 g/mol. The maximum absolute atomic E-state index is 13.4. The van der Waals surface area contributed by atoms with Gasteiger partial charge in [0.25, 0.3) is 5.91 Å². The highest BCUT2D eigenvalue weighted by Crippen LogP contribution is 2.27. The van der Waals surface area contributed by atoms with E-state index in [1.54, 1.807) is 25.6 Å². The molecule has 0 radical (unpaired) electrons. The second-order valence-electron chi connectivity index (χ2n) is 8.89. The van der Waals surface area contributed by atoms with Crippen molar-refractivity contribution >= 4 is 22.6 Å². The topological polar surface area (TPSA) is 85.4 Å². The van der Waals surface area contributed by atoms with Crippen molar-refractivity contribution in [2.24, 2.45) is 0 Å². The maximum atomic E-state index is 13.4. The highest BCUT2D eigenvalue weighted by Gasteiger charge is 2.24. The number of carbonyl (C=O) groups is 1. The van der Waals surface area contributed by atoms with Gasteiger partial charge in [-0.15, -0.1) is 0 Å². The Balaban J connectivity index is 1.34. The summed E-state index contributed by atoms with van der Waals surface area (Å²) in [6.45, 7) is 5.85.